The molecule has 0 bridgehead atoms. The molecule has 7 nitrogen and oxygen atoms in total. The highest BCUT2D eigenvalue weighted by Crippen LogP contribution is 2.30. The van der Waals surface area contributed by atoms with Crippen molar-refractivity contribution in [3.05, 3.63) is 89.5 Å². The summed E-state index contributed by atoms with van der Waals surface area (Å²) in [6, 6.07) is 23.6. The molecule has 45 heavy (non-hydrogen) atoms. The number of hydrogen-bond acceptors (Lipinski definition) is 5. The SMILES string of the molecule is CCCCCCCN(C(=O)NCc1ccccc1OCC(C)C(=O)OCC)c1ccccc1OCc1ccc(C(C)(C)C)cc1. The van der Waals surface area contributed by atoms with Crippen molar-refractivity contribution in [2.24, 2.45) is 5.92 Å². The van der Waals surface area contributed by atoms with Crippen molar-refractivity contribution in [3.8, 4) is 11.5 Å². The molecule has 1 N–H and O–H groups in total. The van der Waals surface area contributed by atoms with E-state index in [4.69, 9.17) is 14.2 Å². The number of carbonyl (C=O) groups excluding carboxylic acids is 2. The van der Waals surface area contributed by atoms with Crippen LogP contribution in [0.15, 0.2) is 72.8 Å². The van der Waals surface area contributed by atoms with Gasteiger partial charge >= 0.3 is 12.0 Å². The van der Waals surface area contributed by atoms with Gasteiger partial charge in [0.05, 0.1) is 18.2 Å². The van der Waals surface area contributed by atoms with Crippen LogP contribution in [0.25, 0.3) is 0 Å². The van der Waals surface area contributed by atoms with E-state index in [1.54, 1.807) is 18.7 Å². The Balaban J connectivity index is 1.73. The first-order valence-electron chi connectivity index (χ1n) is 16.4. The minimum absolute atomic E-state index is 0.0880. The van der Waals surface area contributed by atoms with Crippen LogP contribution < -0.4 is 19.7 Å². The summed E-state index contributed by atoms with van der Waals surface area (Å²) in [5.74, 6) is 0.600. The van der Waals surface area contributed by atoms with Gasteiger partial charge in [0.25, 0.3) is 0 Å². The van der Waals surface area contributed by atoms with Crippen LogP contribution in [0.4, 0.5) is 10.5 Å². The van der Waals surface area contributed by atoms with Crippen molar-refractivity contribution < 1.29 is 23.8 Å². The van der Waals surface area contributed by atoms with Gasteiger partial charge in [0.15, 0.2) is 0 Å². The van der Waals surface area contributed by atoms with E-state index in [1.807, 2.05) is 48.5 Å². The average molecular weight is 617 g/mol. The minimum atomic E-state index is -0.399. The second-order valence-electron chi connectivity index (χ2n) is 12.5. The van der Waals surface area contributed by atoms with Crippen LogP contribution in [0.5, 0.6) is 11.5 Å². The third-order valence-electron chi connectivity index (χ3n) is 7.68. The molecule has 0 aliphatic rings. The van der Waals surface area contributed by atoms with Gasteiger partial charge < -0.3 is 19.5 Å². The number of nitrogens with zero attached hydrogens (tertiary/aromatic N) is 1. The van der Waals surface area contributed by atoms with Gasteiger partial charge in [-0.15, -0.1) is 0 Å². The highest BCUT2D eigenvalue weighted by molar-refractivity contribution is 5.93. The van der Waals surface area contributed by atoms with Crippen molar-refractivity contribution in [1.82, 2.24) is 5.32 Å². The molecule has 0 radical (unpaired) electrons. The fourth-order valence-corrected chi connectivity index (χ4v) is 4.89. The number of ether oxygens (including phenoxy) is 3. The number of unbranched alkanes of at least 4 members (excludes halogenated alkanes) is 4. The van der Waals surface area contributed by atoms with Crippen LogP contribution in [0, 0.1) is 5.92 Å². The molecular formula is C38H52N2O5. The Kier molecular flexibility index (Phi) is 14.3. The topological polar surface area (TPSA) is 77.1 Å². The van der Waals surface area contributed by atoms with Crippen molar-refractivity contribution in [3.63, 3.8) is 0 Å². The molecule has 0 saturated carbocycles. The normalized spacial score (nSPS) is 11.9. The molecule has 0 saturated heterocycles. The molecule has 0 aliphatic carbocycles. The zero-order chi connectivity index (χ0) is 32.7. The summed E-state index contributed by atoms with van der Waals surface area (Å²) in [6.45, 7) is 14.2. The van der Waals surface area contributed by atoms with E-state index in [0.717, 1.165) is 42.5 Å². The molecule has 0 heterocycles. The lowest BCUT2D eigenvalue weighted by Crippen LogP contribution is -2.40. The molecule has 3 aromatic carbocycles. The van der Waals surface area contributed by atoms with Crippen molar-refractivity contribution in [2.75, 3.05) is 24.7 Å². The number of esters is 1. The Labute approximate surface area is 270 Å². The lowest BCUT2D eigenvalue weighted by molar-refractivity contribution is -0.148. The van der Waals surface area contributed by atoms with E-state index in [1.165, 1.54) is 12.0 Å². The highest BCUT2D eigenvalue weighted by Gasteiger charge is 2.21. The first-order valence-corrected chi connectivity index (χ1v) is 16.4. The van der Waals surface area contributed by atoms with Crippen LogP contribution >= 0.6 is 0 Å². The van der Waals surface area contributed by atoms with Crippen LogP contribution in [0.2, 0.25) is 0 Å². The number of amides is 2. The van der Waals surface area contributed by atoms with Gasteiger partial charge in [0.2, 0.25) is 0 Å². The summed E-state index contributed by atoms with van der Waals surface area (Å²) in [4.78, 5) is 27.6. The molecule has 2 amide bonds. The van der Waals surface area contributed by atoms with Crippen molar-refractivity contribution in [1.29, 1.82) is 0 Å². The Bertz CT molecular complexity index is 1330. The number of nitrogens with one attached hydrogen (secondary N) is 1. The van der Waals surface area contributed by atoms with Gasteiger partial charge in [-0.1, -0.05) is 108 Å². The maximum Gasteiger partial charge on any atom is 0.322 e. The Morgan fingerprint density at radius 1 is 0.822 bits per heavy atom. The molecule has 3 rings (SSSR count). The standard InChI is InChI=1S/C38H52N2O5/c1-7-9-10-11-16-25-40(33-18-13-15-20-35(33)45-28-30-21-23-32(24-22-30)38(4,5)6)37(42)39-26-31-17-12-14-19-34(31)44-27-29(3)36(41)43-8-2/h12-15,17-24,29H,7-11,16,25-28H2,1-6H3,(H,39,42). The third-order valence-corrected chi connectivity index (χ3v) is 7.68. The smallest absolute Gasteiger partial charge is 0.322 e. The molecule has 0 aromatic heterocycles. The quantitative estimate of drug-likeness (QED) is 0.121. The van der Waals surface area contributed by atoms with Crippen molar-refractivity contribution >= 4 is 17.7 Å². The van der Waals surface area contributed by atoms with Crippen LogP contribution in [0.1, 0.15) is 90.3 Å². The number of carbonyl (C=O) groups is 2. The van der Waals surface area contributed by atoms with Crippen LogP contribution in [-0.4, -0.2) is 31.8 Å². The molecule has 7 heteroatoms. The number of hydrogen-bond donors (Lipinski definition) is 1. The summed E-state index contributed by atoms with van der Waals surface area (Å²) in [5.41, 5.74) is 4.00. The fraction of sp³-hybridized carbons (Fsp3) is 0.474. The zero-order valence-corrected chi connectivity index (χ0v) is 28.1. The molecule has 1 atom stereocenters. The lowest BCUT2D eigenvalue weighted by atomic mass is 9.87. The second kappa shape index (κ2) is 18.1. The summed E-state index contributed by atoms with van der Waals surface area (Å²) in [7, 11) is 0. The van der Waals surface area contributed by atoms with E-state index in [0.29, 0.717) is 31.3 Å². The number of urea groups is 1. The predicted octanol–water partition coefficient (Wildman–Crippen LogP) is 8.83. The highest BCUT2D eigenvalue weighted by atomic mass is 16.5. The zero-order valence-electron chi connectivity index (χ0n) is 28.1. The minimum Gasteiger partial charge on any atom is -0.492 e. The van der Waals surface area contributed by atoms with Gasteiger partial charge in [-0.05, 0) is 55.0 Å². The summed E-state index contributed by atoms with van der Waals surface area (Å²) < 4.78 is 17.4. The van der Waals surface area contributed by atoms with Crippen LogP contribution in [-0.2, 0) is 28.1 Å². The predicted molar refractivity (Wildman–Crippen MR) is 182 cm³/mol. The van der Waals surface area contributed by atoms with Gasteiger partial charge in [-0.3, -0.25) is 9.69 Å². The second-order valence-corrected chi connectivity index (χ2v) is 12.5. The molecule has 3 aromatic rings. The lowest BCUT2D eigenvalue weighted by Gasteiger charge is -2.26. The van der Waals surface area contributed by atoms with Crippen molar-refractivity contribution in [2.45, 2.75) is 92.2 Å². The van der Waals surface area contributed by atoms with E-state index in [2.05, 4.69) is 57.3 Å². The average Bonchev–Trinajstić information content (AvgIpc) is 3.03. The maximum atomic E-state index is 13.8. The van der Waals surface area contributed by atoms with Gasteiger partial charge in [0, 0.05) is 18.7 Å². The molecule has 1 unspecified atom stereocenters. The number of anilines is 1. The van der Waals surface area contributed by atoms with E-state index in [-0.39, 0.29) is 30.6 Å². The Morgan fingerprint density at radius 2 is 1.49 bits per heavy atom. The van der Waals surface area contributed by atoms with E-state index in [9.17, 15) is 9.59 Å². The number of para-hydroxylation sites is 3. The largest absolute Gasteiger partial charge is 0.492 e. The summed E-state index contributed by atoms with van der Waals surface area (Å²) in [6.07, 6.45) is 5.43. The maximum absolute atomic E-state index is 13.8. The monoisotopic (exact) mass is 616 g/mol. The first-order chi connectivity index (χ1) is 21.6. The van der Waals surface area contributed by atoms with E-state index >= 15 is 0 Å². The first kappa shape index (κ1) is 35.5. The molecule has 0 aliphatic heterocycles. The third kappa shape index (κ3) is 11.5. The Morgan fingerprint density at radius 3 is 2.18 bits per heavy atom. The summed E-state index contributed by atoms with van der Waals surface area (Å²) in [5, 5.41) is 3.10. The number of rotatable bonds is 17. The molecular weight excluding hydrogens is 564 g/mol. The molecule has 244 valence electrons. The van der Waals surface area contributed by atoms with Gasteiger partial charge in [0.1, 0.15) is 24.7 Å². The fourth-order valence-electron chi connectivity index (χ4n) is 4.89. The Hall–Kier alpha value is -4.00. The van der Waals surface area contributed by atoms with Gasteiger partial charge in [-0.25, -0.2) is 4.79 Å². The van der Waals surface area contributed by atoms with Gasteiger partial charge in [-0.2, -0.15) is 0 Å². The molecule has 0 spiro atoms. The molecule has 0 fully saturated rings. The number of benzene rings is 3. The summed E-state index contributed by atoms with van der Waals surface area (Å²) >= 11 is 0. The van der Waals surface area contributed by atoms with E-state index < -0.39 is 5.92 Å². The van der Waals surface area contributed by atoms with Crippen LogP contribution in [0.3, 0.4) is 0 Å².